The average Bonchev–Trinajstić information content (AvgIpc) is 2.96. The lowest BCUT2D eigenvalue weighted by Crippen LogP contribution is -2.47. The molecule has 3 rings (SSSR count). The minimum atomic E-state index is -4.80. The first-order valence-corrected chi connectivity index (χ1v) is 8.06. The molecule has 1 aliphatic heterocycles. The summed E-state index contributed by atoms with van der Waals surface area (Å²) in [5.74, 6) is -2.33. The molecule has 0 saturated carbocycles. The number of piperidine rings is 1. The van der Waals surface area contributed by atoms with Crippen LogP contribution in [0.5, 0.6) is 5.75 Å². The highest BCUT2D eigenvalue weighted by Crippen LogP contribution is 2.28. The SMILES string of the molecule is CC1CCC(C(=O)O)CN1C(=O)c1cc2ccc(OC(F)(F)F)cc2[nH]1. The second-order valence-electron chi connectivity index (χ2n) is 6.40. The van der Waals surface area contributed by atoms with Gasteiger partial charge in [-0.05, 0) is 38.0 Å². The zero-order valence-electron chi connectivity index (χ0n) is 13.8. The number of likely N-dealkylation sites (tertiary alicyclic amines) is 1. The summed E-state index contributed by atoms with van der Waals surface area (Å²) in [6.45, 7) is 1.95. The fourth-order valence-corrected chi connectivity index (χ4v) is 3.16. The van der Waals surface area contributed by atoms with Gasteiger partial charge in [0.25, 0.3) is 5.91 Å². The first-order chi connectivity index (χ1) is 12.1. The number of ether oxygens (including phenoxy) is 1. The van der Waals surface area contributed by atoms with E-state index in [2.05, 4.69) is 9.72 Å². The molecule has 2 atom stereocenters. The van der Waals surface area contributed by atoms with E-state index in [-0.39, 0.29) is 29.9 Å². The van der Waals surface area contributed by atoms with Crippen LogP contribution in [-0.2, 0) is 4.79 Å². The van der Waals surface area contributed by atoms with Crippen LogP contribution in [0.15, 0.2) is 24.3 Å². The first-order valence-electron chi connectivity index (χ1n) is 8.06. The Morgan fingerprint density at radius 2 is 2.00 bits per heavy atom. The number of benzene rings is 1. The monoisotopic (exact) mass is 370 g/mol. The predicted octanol–water partition coefficient (Wildman–Crippen LogP) is 3.39. The number of nitrogens with zero attached hydrogens (tertiary/aromatic N) is 1. The van der Waals surface area contributed by atoms with E-state index in [1.165, 1.54) is 29.2 Å². The van der Waals surface area contributed by atoms with Gasteiger partial charge >= 0.3 is 12.3 Å². The number of carbonyl (C=O) groups excluding carboxylic acids is 1. The third-order valence-corrected chi connectivity index (χ3v) is 4.55. The van der Waals surface area contributed by atoms with Crippen LogP contribution in [0, 0.1) is 5.92 Å². The Morgan fingerprint density at radius 3 is 2.65 bits per heavy atom. The van der Waals surface area contributed by atoms with Crippen LogP contribution < -0.4 is 4.74 Å². The minimum Gasteiger partial charge on any atom is -0.481 e. The number of hydrogen-bond donors (Lipinski definition) is 2. The number of amides is 1. The molecule has 2 unspecified atom stereocenters. The Balaban J connectivity index is 1.85. The van der Waals surface area contributed by atoms with Gasteiger partial charge in [0.1, 0.15) is 11.4 Å². The van der Waals surface area contributed by atoms with Crippen molar-refractivity contribution in [2.45, 2.75) is 32.2 Å². The lowest BCUT2D eigenvalue weighted by molar-refractivity contribution is -0.274. The fraction of sp³-hybridized carbons (Fsp3) is 0.412. The molecular weight excluding hydrogens is 353 g/mol. The number of hydrogen-bond acceptors (Lipinski definition) is 3. The van der Waals surface area contributed by atoms with E-state index in [1.807, 2.05) is 6.92 Å². The number of fused-ring (bicyclic) bond motifs is 1. The van der Waals surface area contributed by atoms with Gasteiger partial charge in [0.2, 0.25) is 0 Å². The zero-order chi connectivity index (χ0) is 19.1. The largest absolute Gasteiger partial charge is 0.573 e. The normalized spacial score (nSPS) is 21.0. The number of carboxylic acid groups (broad SMARTS) is 1. The molecule has 0 bridgehead atoms. The van der Waals surface area contributed by atoms with Crippen molar-refractivity contribution in [3.63, 3.8) is 0 Å². The Labute approximate surface area is 146 Å². The molecule has 2 N–H and O–H groups in total. The van der Waals surface area contributed by atoms with E-state index in [0.29, 0.717) is 23.7 Å². The molecule has 1 aromatic heterocycles. The van der Waals surface area contributed by atoms with Crippen molar-refractivity contribution in [1.29, 1.82) is 0 Å². The third kappa shape index (κ3) is 3.76. The van der Waals surface area contributed by atoms with Crippen molar-refractivity contribution >= 4 is 22.8 Å². The molecule has 6 nitrogen and oxygen atoms in total. The van der Waals surface area contributed by atoms with Gasteiger partial charge in [-0.25, -0.2) is 0 Å². The number of nitrogens with one attached hydrogen (secondary N) is 1. The van der Waals surface area contributed by atoms with Gasteiger partial charge in [-0.2, -0.15) is 0 Å². The second-order valence-corrected chi connectivity index (χ2v) is 6.40. The van der Waals surface area contributed by atoms with Gasteiger partial charge in [-0.15, -0.1) is 13.2 Å². The van der Waals surface area contributed by atoms with Crippen LogP contribution in [0.25, 0.3) is 10.9 Å². The quantitative estimate of drug-likeness (QED) is 0.868. The third-order valence-electron chi connectivity index (χ3n) is 4.55. The highest BCUT2D eigenvalue weighted by Gasteiger charge is 2.34. The molecule has 9 heteroatoms. The molecule has 2 aromatic rings. The summed E-state index contributed by atoms with van der Waals surface area (Å²) in [5.41, 5.74) is 0.525. The van der Waals surface area contributed by atoms with Gasteiger partial charge in [0, 0.05) is 29.6 Å². The topological polar surface area (TPSA) is 82.6 Å². The van der Waals surface area contributed by atoms with Gasteiger partial charge in [-0.1, -0.05) is 0 Å². The second kappa shape index (κ2) is 6.54. The molecule has 1 aliphatic rings. The molecule has 0 radical (unpaired) electrons. The summed E-state index contributed by atoms with van der Waals surface area (Å²) in [4.78, 5) is 28.2. The maximum Gasteiger partial charge on any atom is 0.573 e. The summed E-state index contributed by atoms with van der Waals surface area (Å²) >= 11 is 0. The number of aliphatic carboxylic acids is 1. The Morgan fingerprint density at radius 1 is 1.27 bits per heavy atom. The average molecular weight is 370 g/mol. The summed E-state index contributed by atoms with van der Waals surface area (Å²) in [7, 11) is 0. The number of alkyl halides is 3. The molecule has 140 valence electrons. The lowest BCUT2D eigenvalue weighted by Gasteiger charge is -2.36. The Hall–Kier alpha value is -2.71. The van der Waals surface area contributed by atoms with Crippen LogP contribution in [-0.4, -0.2) is 45.8 Å². The molecule has 1 fully saturated rings. The van der Waals surface area contributed by atoms with Crippen molar-refractivity contribution in [3.8, 4) is 5.75 Å². The molecule has 1 aromatic carbocycles. The fourth-order valence-electron chi connectivity index (χ4n) is 3.16. The highest BCUT2D eigenvalue weighted by molar-refractivity contribution is 5.98. The van der Waals surface area contributed by atoms with E-state index in [4.69, 9.17) is 0 Å². The summed E-state index contributed by atoms with van der Waals surface area (Å²) in [6.07, 6.45) is -3.72. The van der Waals surface area contributed by atoms with Crippen molar-refractivity contribution in [2.24, 2.45) is 5.92 Å². The summed E-state index contributed by atoms with van der Waals surface area (Å²) < 4.78 is 40.8. The van der Waals surface area contributed by atoms with E-state index in [9.17, 15) is 27.9 Å². The van der Waals surface area contributed by atoms with Crippen molar-refractivity contribution in [2.75, 3.05) is 6.54 Å². The van der Waals surface area contributed by atoms with Gasteiger partial charge in [0.05, 0.1) is 5.92 Å². The molecule has 26 heavy (non-hydrogen) atoms. The first kappa shape index (κ1) is 18.1. The van der Waals surface area contributed by atoms with Gasteiger partial charge in [0.15, 0.2) is 0 Å². The number of carbonyl (C=O) groups is 2. The van der Waals surface area contributed by atoms with E-state index < -0.39 is 18.2 Å². The molecule has 0 aliphatic carbocycles. The lowest BCUT2D eigenvalue weighted by atomic mass is 9.93. The van der Waals surface area contributed by atoms with Crippen LogP contribution in [0.2, 0.25) is 0 Å². The number of aromatic nitrogens is 1. The van der Waals surface area contributed by atoms with Crippen molar-refractivity contribution in [1.82, 2.24) is 9.88 Å². The van der Waals surface area contributed by atoms with E-state index in [0.717, 1.165) is 0 Å². The minimum absolute atomic E-state index is 0.104. The molecule has 2 heterocycles. The molecular formula is C17H17F3N2O4. The standard InChI is InChI=1S/C17H17F3N2O4/c1-9-2-3-11(16(24)25)8-22(9)15(23)14-6-10-4-5-12(7-13(10)21-14)26-17(18,19)20/h4-7,9,11,21H,2-3,8H2,1H3,(H,24,25). The number of halogens is 3. The molecule has 1 amide bonds. The van der Waals surface area contributed by atoms with E-state index >= 15 is 0 Å². The predicted molar refractivity (Wildman–Crippen MR) is 85.8 cm³/mol. The number of carboxylic acids is 1. The van der Waals surface area contributed by atoms with E-state index in [1.54, 1.807) is 0 Å². The highest BCUT2D eigenvalue weighted by atomic mass is 19.4. The number of aromatic amines is 1. The number of H-pyrrole nitrogens is 1. The summed E-state index contributed by atoms with van der Waals surface area (Å²) in [5, 5.41) is 9.74. The van der Waals surface area contributed by atoms with Crippen LogP contribution in [0.4, 0.5) is 13.2 Å². The van der Waals surface area contributed by atoms with Crippen LogP contribution >= 0.6 is 0 Å². The Kier molecular flexibility index (Phi) is 4.55. The molecule has 1 saturated heterocycles. The van der Waals surface area contributed by atoms with Crippen molar-refractivity contribution < 1.29 is 32.6 Å². The number of rotatable bonds is 3. The van der Waals surface area contributed by atoms with Crippen LogP contribution in [0.1, 0.15) is 30.3 Å². The maximum atomic E-state index is 12.8. The van der Waals surface area contributed by atoms with Gasteiger partial charge < -0.3 is 19.7 Å². The van der Waals surface area contributed by atoms with Crippen molar-refractivity contribution in [3.05, 3.63) is 30.0 Å². The maximum absolute atomic E-state index is 12.8. The summed E-state index contributed by atoms with van der Waals surface area (Å²) in [6, 6.07) is 5.17. The Bertz CT molecular complexity index is 846. The van der Waals surface area contributed by atoms with Gasteiger partial charge in [-0.3, -0.25) is 9.59 Å². The van der Waals surface area contributed by atoms with Crippen LogP contribution in [0.3, 0.4) is 0 Å². The smallest absolute Gasteiger partial charge is 0.481 e. The molecule has 0 spiro atoms. The zero-order valence-corrected chi connectivity index (χ0v) is 13.8.